The molecular formula is C11H12N4O5S. The van der Waals surface area contributed by atoms with Gasteiger partial charge in [-0.25, -0.2) is 22.9 Å². The molecule has 2 rings (SSSR count). The molecule has 0 saturated carbocycles. The van der Waals surface area contributed by atoms with Crippen LogP contribution in [0.2, 0.25) is 0 Å². The van der Waals surface area contributed by atoms with Gasteiger partial charge in [-0.1, -0.05) is 0 Å². The van der Waals surface area contributed by atoms with Crippen LogP contribution in [0.25, 0.3) is 0 Å². The SMILES string of the molecule is CC(NS(=O)(=O)c1ccc(O)c(C(=O)O)c1)c1ncn[nH]1. The zero-order chi connectivity index (χ0) is 15.6. The first kappa shape index (κ1) is 14.9. The predicted octanol–water partition coefficient (Wildman–Crippen LogP) is 0.248. The van der Waals surface area contributed by atoms with Crippen LogP contribution in [0.5, 0.6) is 5.75 Å². The van der Waals surface area contributed by atoms with E-state index in [1.165, 1.54) is 6.33 Å². The largest absolute Gasteiger partial charge is 0.507 e. The summed E-state index contributed by atoms with van der Waals surface area (Å²) in [4.78, 5) is 14.5. The fourth-order valence-corrected chi connectivity index (χ4v) is 2.87. The molecule has 1 atom stereocenters. The zero-order valence-electron chi connectivity index (χ0n) is 10.8. The molecule has 112 valence electrons. The van der Waals surface area contributed by atoms with Crippen molar-refractivity contribution < 1.29 is 23.4 Å². The van der Waals surface area contributed by atoms with E-state index >= 15 is 0 Å². The number of sulfonamides is 1. The second kappa shape index (κ2) is 5.50. The lowest BCUT2D eigenvalue weighted by atomic mass is 10.2. The van der Waals surface area contributed by atoms with E-state index < -0.39 is 33.3 Å². The minimum Gasteiger partial charge on any atom is -0.507 e. The Balaban J connectivity index is 2.32. The summed E-state index contributed by atoms with van der Waals surface area (Å²) in [6.07, 6.45) is 1.24. The number of aromatic nitrogens is 3. The van der Waals surface area contributed by atoms with Crippen molar-refractivity contribution in [2.45, 2.75) is 17.9 Å². The van der Waals surface area contributed by atoms with Gasteiger partial charge in [0.25, 0.3) is 0 Å². The lowest BCUT2D eigenvalue weighted by Gasteiger charge is -2.12. The fraction of sp³-hybridized carbons (Fsp3) is 0.182. The molecule has 0 aliphatic rings. The number of nitrogens with one attached hydrogen (secondary N) is 2. The molecule has 0 spiro atoms. The van der Waals surface area contributed by atoms with Crippen molar-refractivity contribution in [3.8, 4) is 5.75 Å². The van der Waals surface area contributed by atoms with Gasteiger partial charge in [0, 0.05) is 0 Å². The Morgan fingerprint density at radius 2 is 2.14 bits per heavy atom. The summed E-state index contributed by atoms with van der Waals surface area (Å²) in [6, 6.07) is 2.32. The molecule has 9 nitrogen and oxygen atoms in total. The van der Waals surface area contributed by atoms with E-state index in [0.717, 1.165) is 18.2 Å². The highest BCUT2D eigenvalue weighted by Crippen LogP contribution is 2.22. The highest BCUT2D eigenvalue weighted by Gasteiger charge is 2.22. The molecule has 1 aromatic carbocycles. The van der Waals surface area contributed by atoms with Gasteiger partial charge in [0.2, 0.25) is 10.0 Å². The topological polar surface area (TPSA) is 145 Å². The average molecular weight is 312 g/mol. The summed E-state index contributed by atoms with van der Waals surface area (Å²) in [5.74, 6) is -1.62. The summed E-state index contributed by atoms with van der Waals surface area (Å²) >= 11 is 0. The standard InChI is InChI=1S/C11H12N4O5S/c1-6(10-12-5-13-14-10)15-21(19,20)7-2-3-9(16)8(4-7)11(17)18/h2-6,15-16H,1H3,(H,17,18)(H,12,13,14). The second-order valence-electron chi connectivity index (χ2n) is 4.20. The molecule has 2 aromatic rings. The molecule has 21 heavy (non-hydrogen) atoms. The Labute approximate surface area is 119 Å². The van der Waals surface area contributed by atoms with Crippen LogP contribution >= 0.6 is 0 Å². The molecule has 0 saturated heterocycles. The monoisotopic (exact) mass is 312 g/mol. The minimum absolute atomic E-state index is 0.274. The quantitative estimate of drug-likeness (QED) is 0.619. The predicted molar refractivity (Wildman–Crippen MR) is 70.2 cm³/mol. The van der Waals surface area contributed by atoms with Crippen molar-refractivity contribution in [3.63, 3.8) is 0 Å². The Bertz CT molecular complexity index is 757. The van der Waals surface area contributed by atoms with Crippen molar-refractivity contribution in [1.82, 2.24) is 19.9 Å². The smallest absolute Gasteiger partial charge is 0.339 e. The van der Waals surface area contributed by atoms with E-state index in [4.69, 9.17) is 5.11 Å². The van der Waals surface area contributed by atoms with E-state index in [2.05, 4.69) is 19.9 Å². The molecule has 1 aromatic heterocycles. The highest BCUT2D eigenvalue weighted by atomic mass is 32.2. The van der Waals surface area contributed by atoms with E-state index in [0.29, 0.717) is 5.82 Å². The van der Waals surface area contributed by atoms with E-state index in [9.17, 15) is 18.3 Å². The number of aromatic amines is 1. The molecule has 0 bridgehead atoms. The molecule has 1 heterocycles. The third kappa shape index (κ3) is 3.17. The normalized spacial score (nSPS) is 13.0. The third-order valence-corrected chi connectivity index (χ3v) is 4.22. The van der Waals surface area contributed by atoms with Gasteiger partial charge in [0.15, 0.2) is 0 Å². The van der Waals surface area contributed by atoms with Gasteiger partial charge < -0.3 is 10.2 Å². The number of aromatic hydroxyl groups is 1. The van der Waals surface area contributed by atoms with Gasteiger partial charge >= 0.3 is 5.97 Å². The number of carboxylic acids is 1. The maximum Gasteiger partial charge on any atom is 0.339 e. The lowest BCUT2D eigenvalue weighted by molar-refractivity contribution is 0.0693. The van der Waals surface area contributed by atoms with Crippen LogP contribution in [0.15, 0.2) is 29.4 Å². The summed E-state index contributed by atoms with van der Waals surface area (Å²) in [5.41, 5.74) is -0.495. The van der Waals surface area contributed by atoms with Crippen LogP contribution in [0.4, 0.5) is 0 Å². The number of hydrogen-bond acceptors (Lipinski definition) is 6. The van der Waals surface area contributed by atoms with Crippen molar-refractivity contribution in [1.29, 1.82) is 0 Å². The summed E-state index contributed by atoms with van der Waals surface area (Å²) < 4.78 is 26.7. The number of carboxylic acid groups (broad SMARTS) is 1. The second-order valence-corrected chi connectivity index (χ2v) is 5.91. The number of rotatable bonds is 5. The Hall–Kier alpha value is -2.46. The number of aromatic carboxylic acids is 1. The highest BCUT2D eigenvalue weighted by molar-refractivity contribution is 7.89. The van der Waals surface area contributed by atoms with E-state index in [1.807, 2.05) is 0 Å². The molecule has 4 N–H and O–H groups in total. The van der Waals surface area contributed by atoms with Gasteiger partial charge in [0.1, 0.15) is 23.5 Å². The third-order valence-electron chi connectivity index (χ3n) is 2.68. The number of hydrogen-bond donors (Lipinski definition) is 4. The maximum atomic E-state index is 12.2. The molecule has 0 radical (unpaired) electrons. The van der Waals surface area contributed by atoms with Crippen molar-refractivity contribution in [2.24, 2.45) is 0 Å². The van der Waals surface area contributed by atoms with Gasteiger partial charge in [-0.3, -0.25) is 5.10 Å². The van der Waals surface area contributed by atoms with Gasteiger partial charge in [-0.15, -0.1) is 0 Å². The molecular weight excluding hydrogens is 300 g/mol. The van der Waals surface area contributed by atoms with Gasteiger partial charge in [-0.2, -0.15) is 5.10 Å². The molecule has 0 amide bonds. The zero-order valence-corrected chi connectivity index (χ0v) is 11.6. The lowest BCUT2D eigenvalue weighted by Crippen LogP contribution is -2.27. The van der Waals surface area contributed by atoms with Crippen molar-refractivity contribution in [2.75, 3.05) is 0 Å². The van der Waals surface area contributed by atoms with Crippen molar-refractivity contribution in [3.05, 3.63) is 35.9 Å². The van der Waals surface area contributed by atoms with Crippen LogP contribution in [-0.4, -0.2) is 39.8 Å². The van der Waals surface area contributed by atoms with Crippen molar-refractivity contribution >= 4 is 16.0 Å². The minimum atomic E-state index is -3.97. The Kier molecular flexibility index (Phi) is 3.91. The van der Waals surface area contributed by atoms with Crippen LogP contribution < -0.4 is 4.72 Å². The number of H-pyrrole nitrogens is 1. The number of nitrogens with zero attached hydrogens (tertiary/aromatic N) is 2. The van der Waals surface area contributed by atoms with Gasteiger partial charge in [0.05, 0.1) is 10.9 Å². The average Bonchev–Trinajstić information content (AvgIpc) is 2.92. The summed E-state index contributed by atoms with van der Waals surface area (Å²) in [6.45, 7) is 1.55. The fourth-order valence-electron chi connectivity index (χ4n) is 1.63. The Morgan fingerprint density at radius 3 is 2.71 bits per heavy atom. The molecule has 0 aliphatic heterocycles. The number of benzene rings is 1. The van der Waals surface area contributed by atoms with Crippen LogP contribution in [0, 0.1) is 0 Å². The van der Waals surface area contributed by atoms with Crippen LogP contribution in [0.1, 0.15) is 29.1 Å². The first-order valence-electron chi connectivity index (χ1n) is 5.75. The number of phenols is 1. The molecule has 0 aliphatic carbocycles. The first-order valence-corrected chi connectivity index (χ1v) is 7.23. The van der Waals surface area contributed by atoms with Crippen LogP contribution in [0.3, 0.4) is 0 Å². The maximum absolute atomic E-state index is 12.2. The molecule has 0 fully saturated rings. The Morgan fingerprint density at radius 1 is 1.43 bits per heavy atom. The van der Waals surface area contributed by atoms with E-state index in [1.54, 1.807) is 6.92 Å². The molecule has 10 heteroatoms. The van der Waals surface area contributed by atoms with Gasteiger partial charge in [-0.05, 0) is 25.1 Å². The first-order chi connectivity index (χ1) is 9.81. The van der Waals surface area contributed by atoms with Crippen LogP contribution in [-0.2, 0) is 10.0 Å². The van der Waals surface area contributed by atoms with E-state index in [-0.39, 0.29) is 4.90 Å². The summed E-state index contributed by atoms with van der Waals surface area (Å²) in [5, 5.41) is 24.4. The number of carbonyl (C=O) groups is 1. The summed E-state index contributed by atoms with van der Waals surface area (Å²) in [7, 11) is -3.97. The molecule has 1 unspecified atom stereocenters.